The normalized spacial score (nSPS) is 10.7. The first-order chi connectivity index (χ1) is 13.6. The Morgan fingerprint density at radius 2 is 1.75 bits per heavy atom. The lowest BCUT2D eigenvalue weighted by atomic mass is 10.2. The van der Waals surface area contributed by atoms with E-state index in [-0.39, 0.29) is 18.6 Å². The van der Waals surface area contributed by atoms with E-state index in [2.05, 4.69) is 20.8 Å². The second-order valence-corrected chi connectivity index (χ2v) is 6.48. The summed E-state index contributed by atoms with van der Waals surface area (Å²) < 4.78 is 12.6. The third-order valence-corrected chi connectivity index (χ3v) is 4.15. The SMILES string of the molecule is COc1ccc(CNC(=O)c2ccc(OCc3nnnn3C(C)C)cc2)cc1. The van der Waals surface area contributed by atoms with Crippen molar-refractivity contribution in [3.8, 4) is 11.5 Å². The van der Waals surface area contributed by atoms with E-state index in [9.17, 15) is 4.79 Å². The molecule has 1 N–H and O–H groups in total. The van der Waals surface area contributed by atoms with Crippen LogP contribution in [-0.2, 0) is 13.2 Å². The van der Waals surface area contributed by atoms with Gasteiger partial charge in [0, 0.05) is 12.1 Å². The summed E-state index contributed by atoms with van der Waals surface area (Å²) in [6.07, 6.45) is 0. The van der Waals surface area contributed by atoms with Gasteiger partial charge >= 0.3 is 0 Å². The maximum Gasteiger partial charge on any atom is 0.251 e. The van der Waals surface area contributed by atoms with Crippen LogP contribution in [0.4, 0.5) is 0 Å². The molecule has 1 amide bonds. The van der Waals surface area contributed by atoms with Crippen LogP contribution in [0.25, 0.3) is 0 Å². The standard InChI is InChI=1S/C20H23N5O3/c1-14(2)25-19(22-23-24-25)13-28-18-10-6-16(7-11-18)20(26)21-12-15-4-8-17(27-3)9-5-15/h4-11,14H,12-13H2,1-3H3,(H,21,26). The van der Waals surface area contributed by atoms with Gasteiger partial charge in [-0.1, -0.05) is 12.1 Å². The van der Waals surface area contributed by atoms with Gasteiger partial charge in [0.1, 0.15) is 18.1 Å². The molecule has 0 bridgehead atoms. The van der Waals surface area contributed by atoms with Gasteiger partial charge in [0.15, 0.2) is 5.82 Å². The largest absolute Gasteiger partial charge is 0.497 e. The number of carbonyl (C=O) groups is 1. The second kappa shape index (κ2) is 8.98. The molecule has 0 aliphatic carbocycles. The first-order valence-electron chi connectivity index (χ1n) is 8.97. The van der Waals surface area contributed by atoms with E-state index in [1.165, 1.54) is 0 Å². The van der Waals surface area contributed by atoms with Crippen LogP contribution in [0.15, 0.2) is 48.5 Å². The van der Waals surface area contributed by atoms with Gasteiger partial charge < -0.3 is 14.8 Å². The van der Waals surface area contributed by atoms with Crippen molar-refractivity contribution < 1.29 is 14.3 Å². The topological polar surface area (TPSA) is 91.2 Å². The van der Waals surface area contributed by atoms with Crippen molar-refractivity contribution >= 4 is 5.91 Å². The number of carbonyl (C=O) groups excluding carboxylic acids is 1. The molecule has 0 radical (unpaired) electrons. The summed E-state index contributed by atoms with van der Waals surface area (Å²) in [5.74, 6) is 1.93. The van der Waals surface area contributed by atoms with Crippen molar-refractivity contribution in [3.05, 3.63) is 65.5 Å². The predicted molar refractivity (Wildman–Crippen MR) is 103 cm³/mol. The Balaban J connectivity index is 1.52. The van der Waals surface area contributed by atoms with Crippen LogP contribution >= 0.6 is 0 Å². The zero-order valence-electron chi connectivity index (χ0n) is 16.1. The Bertz CT molecular complexity index is 904. The lowest BCUT2D eigenvalue weighted by Gasteiger charge is -2.10. The quantitative estimate of drug-likeness (QED) is 0.645. The molecule has 8 nitrogen and oxygen atoms in total. The number of nitrogens with zero attached hydrogens (tertiary/aromatic N) is 4. The first-order valence-corrected chi connectivity index (χ1v) is 8.97. The summed E-state index contributed by atoms with van der Waals surface area (Å²) in [5, 5.41) is 14.5. The molecule has 3 rings (SSSR count). The molecule has 28 heavy (non-hydrogen) atoms. The highest BCUT2D eigenvalue weighted by molar-refractivity contribution is 5.94. The molecule has 0 atom stereocenters. The van der Waals surface area contributed by atoms with Gasteiger partial charge in [0.25, 0.3) is 5.91 Å². The summed E-state index contributed by atoms with van der Waals surface area (Å²) in [5.41, 5.74) is 1.56. The molecule has 0 spiro atoms. The van der Waals surface area contributed by atoms with Crippen LogP contribution in [0.5, 0.6) is 11.5 Å². The molecule has 3 aromatic rings. The minimum Gasteiger partial charge on any atom is -0.497 e. The average molecular weight is 381 g/mol. The zero-order chi connectivity index (χ0) is 19.9. The lowest BCUT2D eigenvalue weighted by Crippen LogP contribution is -2.22. The Labute approximate surface area is 163 Å². The van der Waals surface area contributed by atoms with Gasteiger partial charge in [0.05, 0.1) is 13.2 Å². The molecule has 2 aromatic carbocycles. The van der Waals surface area contributed by atoms with Crippen LogP contribution in [-0.4, -0.2) is 33.2 Å². The van der Waals surface area contributed by atoms with Crippen molar-refractivity contribution in [1.29, 1.82) is 0 Å². The summed E-state index contributed by atoms with van der Waals surface area (Å²) in [6.45, 7) is 4.70. The monoisotopic (exact) mass is 381 g/mol. The van der Waals surface area contributed by atoms with Gasteiger partial charge in [-0.3, -0.25) is 4.79 Å². The van der Waals surface area contributed by atoms with Crippen molar-refractivity contribution in [3.63, 3.8) is 0 Å². The highest BCUT2D eigenvalue weighted by atomic mass is 16.5. The molecule has 1 aromatic heterocycles. The van der Waals surface area contributed by atoms with E-state index in [0.717, 1.165) is 11.3 Å². The zero-order valence-corrected chi connectivity index (χ0v) is 16.1. The van der Waals surface area contributed by atoms with E-state index in [0.29, 0.717) is 23.7 Å². The van der Waals surface area contributed by atoms with Gasteiger partial charge in [0.2, 0.25) is 0 Å². The number of ether oxygens (including phenoxy) is 2. The minimum absolute atomic E-state index is 0.147. The second-order valence-electron chi connectivity index (χ2n) is 6.48. The molecule has 0 saturated heterocycles. The van der Waals surface area contributed by atoms with Crippen molar-refractivity contribution in [1.82, 2.24) is 25.5 Å². The molecular formula is C20H23N5O3. The van der Waals surface area contributed by atoms with Gasteiger partial charge in [-0.05, 0) is 66.2 Å². The molecule has 0 saturated carbocycles. The minimum atomic E-state index is -0.147. The molecule has 1 heterocycles. The number of nitrogens with one attached hydrogen (secondary N) is 1. The summed E-state index contributed by atoms with van der Waals surface area (Å²) in [6, 6.07) is 14.7. The highest BCUT2D eigenvalue weighted by Crippen LogP contribution is 2.15. The number of aromatic nitrogens is 4. The Kier molecular flexibility index (Phi) is 6.21. The van der Waals surface area contributed by atoms with Crippen LogP contribution in [0, 0.1) is 0 Å². The van der Waals surface area contributed by atoms with Crippen LogP contribution in [0.1, 0.15) is 41.6 Å². The maximum absolute atomic E-state index is 12.3. The smallest absolute Gasteiger partial charge is 0.251 e. The molecule has 0 fully saturated rings. The van der Waals surface area contributed by atoms with Crippen LogP contribution in [0.2, 0.25) is 0 Å². The Hall–Kier alpha value is -3.42. The molecule has 146 valence electrons. The van der Waals surface area contributed by atoms with E-state index in [1.54, 1.807) is 36.1 Å². The molecule has 0 aliphatic heterocycles. The molecule has 0 unspecified atom stereocenters. The highest BCUT2D eigenvalue weighted by Gasteiger charge is 2.10. The fraction of sp³-hybridized carbons (Fsp3) is 0.300. The number of tetrazole rings is 1. The number of hydrogen-bond acceptors (Lipinski definition) is 6. The Morgan fingerprint density at radius 3 is 2.39 bits per heavy atom. The van der Waals surface area contributed by atoms with E-state index >= 15 is 0 Å². The summed E-state index contributed by atoms with van der Waals surface area (Å²) >= 11 is 0. The first kappa shape index (κ1) is 19.3. The van der Waals surface area contributed by atoms with Crippen molar-refractivity contribution in [2.75, 3.05) is 7.11 Å². The summed E-state index contributed by atoms with van der Waals surface area (Å²) in [4.78, 5) is 12.3. The third kappa shape index (κ3) is 4.85. The fourth-order valence-corrected chi connectivity index (χ4v) is 2.59. The van der Waals surface area contributed by atoms with Crippen LogP contribution in [0.3, 0.4) is 0 Å². The van der Waals surface area contributed by atoms with E-state index in [1.807, 2.05) is 38.1 Å². The number of rotatable bonds is 8. The van der Waals surface area contributed by atoms with E-state index in [4.69, 9.17) is 9.47 Å². The number of methoxy groups -OCH3 is 1. The molecule has 8 heteroatoms. The fourth-order valence-electron chi connectivity index (χ4n) is 2.59. The van der Waals surface area contributed by atoms with Crippen LogP contribution < -0.4 is 14.8 Å². The predicted octanol–water partition coefficient (Wildman–Crippen LogP) is 2.77. The van der Waals surface area contributed by atoms with Gasteiger partial charge in [-0.25, -0.2) is 4.68 Å². The maximum atomic E-state index is 12.3. The lowest BCUT2D eigenvalue weighted by molar-refractivity contribution is 0.0951. The third-order valence-electron chi connectivity index (χ3n) is 4.15. The van der Waals surface area contributed by atoms with Crippen molar-refractivity contribution in [2.24, 2.45) is 0 Å². The van der Waals surface area contributed by atoms with Crippen molar-refractivity contribution in [2.45, 2.75) is 33.0 Å². The average Bonchev–Trinajstić information content (AvgIpc) is 3.20. The van der Waals surface area contributed by atoms with Gasteiger partial charge in [-0.2, -0.15) is 0 Å². The number of amides is 1. The summed E-state index contributed by atoms with van der Waals surface area (Å²) in [7, 11) is 1.62. The van der Waals surface area contributed by atoms with Gasteiger partial charge in [-0.15, -0.1) is 5.10 Å². The number of hydrogen-bond donors (Lipinski definition) is 1. The Morgan fingerprint density at radius 1 is 1.07 bits per heavy atom. The number of benzene rings is 2. The molecular weight excluding hydrogens is 358 g/mol. The van der Waals surface area contributed by atoms with E-state index < -0.39 is 0 Å². The molecule has 0 aliphatic rings.